The van der Waals surface area contributed by atoms with Gasteiger partial charge in [0, 0.05) is 5.41 Å². The van der Waals surface area contributed by atoms with E-state index < -0.39 is 0 Å². The zero-order valence-electron chi connectivity index (χ0n) is 9.26. The fourth-order valence-corrected chi connectivity index (χ4v) is 1.72. The summed E-state index contributed by atoms with van der Waals surface area (Å²) in [7, 11) is 0. The van der Waals surface area contributed by atoms with Crippen LogP contribution in [0.3, 0.4) is 0 Å². The van der Waals surface area contributed by atoms with Crippen LogP contribution >= 0.6 is 0 Å². The van der Waals surface area contributed by atoms with E-state index >= 15 is 0 Å². The van der Waals surface area contributed by atoms with Crippen LogP contribution in [0.15, 0.2) is 23.8 Å². The molecule has 0 heterocycles. The fraction of sp³-hybridized carbons (Fsp3) is 0.667. The number of aliphatic hydroxyl groups is 1. The Morgan fingerprint density at radius 1 is 1.38 bits per heavy atom. The molecule has 1 heteroatoms. The summed E-state index contributed by atoms with van der Waals surface area (Å²) in [6.45, 7) is 10.6. The van der Waals surface area contributed by atoms with E-state index in [1.54, 1.807) is 0 Å². The first-order valence-corrected chi connectivity index (χ1v) is 4.83. The standard InChI is InChI=1S/C12H20O/c1-9-7-6-8-12(5,10(9)13)11(2,3)4/h6-8,10,13H,1-5H3. The Kier molecular flexibility index (Phi) is 2.42. The third-order valence-electron chi connectivity index (χ3n) is 3.42. The molecule has 1 nitrogen and oxygen atoms in total. The molecule has 0 amide bonds. The van der Waals surface area contributed by atoms with E-state index in [4.69, 9.17) is 0 Å². The van der Waals surface area contributed by atoms with Gasteiger partial charge in [-0.25, -0.2) is 0 Å². The zero-order valence-corrected chi connectivity index (χ0v) is 9.26. The van der Waals surface area contributed by atoms with Crippen LogP contribution in [-0.2, 0) is 0 Å². The SMILES string of the molecule is CC1=CC=CC(C)(C(C)(C)C)C1O. The van der Waals surface area contributed by atoms with Crippen molar-refractivity contribution in [1.29, 1.82) is 0 Å². The van der Waals surface area contributed by atoms with Crippen LogP contribution in [0.1, 0.15) is 34.6 Å². The predicted octanol–water partition coefficient (Wildman–Crippen LogP) is 2.92. The van der Waals surface area contributed by atoms with Crippen molar-refractivity contribution in [3.05, 3.63) is 23.8 Å². The quantitative estimate of drug-likeness (QED) is 0.607. The second kappa shape index (κ2) is 2.98. The lowest BCUT2D eigenvalue weighted by Gasteiger charge is -2.45. The minimum atomic E-state index is -0.350. The Hall–Kier alpha value is -0.560. The number of aliphatic hydroxyl groups excluding tert-OH is 1. The summed E-state index contributed by atoms with van der Waals surface area (Å²) < 4.78 is 0. The van der Waals surface area contributed by atoms with Crippen molar-refractivity contribution in [3.8, 4) is 0 Å². The van der Waals surface area contributed by atoms with Crippen LogP contribution in [0, 0.1) is 10.8 Å². The first-order valence-electron chi connectivity index (χ1n) is 4.83. The molecule has 1 aliphatic carbocycles. The molecule has 2 unspecified atom stereocenters. The molecule has 2 atom stereocenters. The Bertz CT molecular complexity index is 255. The van der Waals surface area contributed by atoms with E-state index in [2.05, 4.69) is 33.8 Å². The summed E-state index contributed by atoms with van der Waals surface area (Å²) >= 11 is 0. The molecule has 0 radical (unpaired) electrons. The lowest BCUT2D eigenvalue weighted by molar-refractivity contribution is 0.0177. The van der Waals surface area contributed by atoms with Crippen LogP contribution in [0.4, 0.5) is 0 Å². The highest BCUT2D eigenvalue weighted by Crippen LogP contribution is 2.46. The fourth-order valence-electron chi connectivity index (χ4n) is 1.72. The minimum Gasteiger partial charge on any atom is -0.388 e. The van der Waals surface area contributed by atoms with Gasteiger partial charge in [-0.05, 0) is 17.9 Å². The van der Waals surface area contributed by atoms with E-state index in [0.29, 0.717) is 0 Å². The monoisotopic (exact) mass is 180 g/mol. The Morgan fingerprint density at radius 2 is 1.92 bits per heavy atom. The van der Waals surface area contributed by atoms with Gasteiger partial charge in [0.15, 0.2) is 0 Å². The van der Waals surface area contributed by atoms with E-state index in [0.717, 1.165) is 5.57 Å². The first-order chi connectivity index (χ1) is 5.79. The summed E-state index contributed by atoms with van der Waals surface area (Å²) in [4.78, 5) is 0. The number of allylic oxidation sites excluding steroid dienone is 2. The molecule has 0 aromatic heterocycles. The molecule has 1 rings (SSSR count). The molecule has 0 saturated carbocycles. The summed E-state index contributed by atoms with van der Waals surface area (Å²) in [6.07, 6.45) is 5.80. The molecule has 0 saturated heterocycles. The van der Waals surface area contributed by atoms with Crippen LogP contribution in [0.25, 0.3) is 0 Å². The molecule has 0 fully saturated rings. The zero-order chi connectivity index (χ0) is 10.3. The molecule has 1 aliphatic rings. The molecule has 0 spiro atoms. The largest absolute Gasteiger partial charge is 0.388 e. The Balaban J connectivity index is 3.07. The highest BCUT2D eigenvalue weighted by atomic mass is 16.3. The van der Waals surface area contributed by atoms with E-state index in [9.17, 15) is 5.11 Å². The Labute approximate surface area is 81.2 Å². The second-order valence-corrected chi connectivity index (χ2v) is 5.21. The number of rotatable bonds is 0. The summed E-state index contributed by atoms with van der Waals surface area (Å²) in [5.74, 6) is 0. The lowest BCUT2D eigenvalue weighted by atomic mass is 9.62. The van der Waals surface area contributed by atoms with Crippen LogP contribution in [-0.4, -0.2) is 11.2 Å². The number of hydrogen-bond acceptors (Lipinski definition) is 1. The lowest BCUT2D eigenvalue weighted by Crippen LogP contribution is -2.43. The van der Waals surface area contributed by atoms with Gasteiger partial charge < -0.3 is 5.11 Å². The molecule has 0 aliphatic heterocycles. The third kappa shape index (κ3) is 1.58. The van der Waals surface area contributed by atoms with Crippen molar-refractivity contribution in [1.82, 2.24) is 0 Å². The van der Waals surface area contributed by atoms with Crippen LogP contribution in [0.2, 0.25) is 0 Å². The molecule has 1 N–H and O–H groups in total. The molecule has 0 aromatic carbocycles. The predicted molar refractivity (Wildman–Crippen MR) is 56.5 cm³/mol. The maximum atomic E-state index is 10.1. The maximum Gasteiger partial charge on any atom is 0.0843 e. The summed E-state index contributed by atoms with van der Waals surface area (Å²) in [5.41, 5.74) is 0.990. The summed E-state index contributed by atoms with van der Waals surface area (Å²) in [6, 6.07) is 0. The van der Waals surface area contributed by atoms with Gasteiger partial charge in [0.1, 0.15) is 0 Å². The number of hydrogen-bond donors (Lipinski definition) is 1. The van der Waals surface area contributed by atoms with E-state index in [1.165, 1.54) is 0 Å². The van der Waals surface area contributed by atoms with Gasteiger partial charge in [0.25, 0.3) is 0 Å². The van der Waals surface area contributed by atoms with Gasteiger partial charge in [-0.1, -0.05) is 45.9 Å². The van der Waals surface area contributed by atoms with Crippen molar-refractivity contribution in [2.75, 3.05) is 0 Å². The van der Waals surface area contributed by atoms with Crippen molar-refractivity contribution in [3.63, 3.8) is 0 Å². The van der Waals surface area contributed by atoms with Gasteiger partial charge in [-0.15, -0.1) is 0 Å². The maximum absolute atomic E-state index is 10.1. The van der Waals surface area contributed by atoms with Gasteiger partial charge in [-0.3, -0.25) is 0 Å². The van der Waals surface area contributed by atoms with E-state index in [1.807, 2.05) is 19.1 Å². The molecule has 0 bridgehead atoms. The van der Waals surface area contributed by atoms with Crippen LogP contribution < -0.4 is 0 Å². The average molecular weight is 180 g/mol. The Morgan fingerprint density at radius 3 is 2.31 bits per heavy atom. The molecule has 13 heavy (non-hydrogen) atoms. The van der Waals surface area contributed by atoms with Gasteiger partial charge >= 0.3 is 0 Å². The molecule has 74 valence electrons. The van der Waals surface area contributed by atoms with Crippen molar-refractivity contribution in [2.24, 2.45) is 10.8 Å². The topological polar surface area (TPSA) is 20.2 Å². The molecular formula is C12H20O. The van der Waals surface area contributed by atoms with Crippen LogP contribution in [0.5, 0.6) is 0 Å². The van der Waals surface area contributed by atoms with E-state index in [-0.39, 0.29) is 16.9 Å². The van der Waals surface area contributed by atoms with Crippen molar-refractivity contribution >= 4 is 0 Å². The van der Waals surface area contributed by atoms with Gasteiger partial charge in [-0.2, -0.15) is 0 Å². The summed E-state index contributed by atoms with van der Waals surface area (Å²) in [5, 5.41) is 10.1. The van der Waals surface area contributed by atoms with Gasteiger partial charge in [0.2, 0.25) is 0 Å². The normalized spacial score (nSPS) is 34.6. The first kappa shape index (κ1) is 10.5. The minimum absolute atomic E-state index is 0.0818. The average Bonchev–Trinajstić information content (AvgIpc) is 1.98. The van der Waals surface area contributed by atoms with Crippen molar-refractivity contribution < 1.29 is 5.11 Å². The molecular weight excluding hydrogens is 160 g/mol. The third-order valence-corrected chi connectivity index (χ3v) is 3.42. The second-order valence-electron chi connectivity index (χ2n) is 5.21. The van der Waals surface area contributed by atoms with Crippen molar-refractivity contribution in [2.45, 2.75) is 40.7 Å². The molecule has 0 aromatic rings. The highest BCUT2D eigenvalue weighted by molar-refractivity contribution is 5.28. The van der Waals surface area contributed by atoms with Gasteiger partial charge in [0.05, 0.1) is 6.10 Å². The highest BCUT2D eigenvalue weighted by Gasteiger charge is 2.42. The smallest absolute Gasteiger partial charge is 0.0843 e.